The quantitative estimate of drug-likeness (QED) is 0.329. The molecule has 30 heavy (non-hydrogen) atoms. The van der Waals surface area contributed by atoms with E-state index in [1.807, 2.05) is 41.1 Å². The molecule has 0 spiro atoms. The second-order valence-electron chi connectivity index (χ2n) is 7.62. The molecule has 2 aromatic carbocycles. The molecule has 0 saturated carbocycles. The Morgan fingerprint density at radius 3 is 2.70 bits per heavy atom. The first kappa shape index (κ1) is 21.1. The number of halogens is 2. The lowest BCUT2D eigenvalue weighted by Gasteiger charge is -2.16. The molecule has 7 heteroatoms. The number of carbonyl (C=O) groups excluding carboxylic acids is 1. The maximum absolute atomic E-state index is 14.3. The third-order valence-corrected chi connectivity index (χ3v) is 6.65. The van der Waals surface area contributed by atoms with Crippen LogP contribution in [-0.4, -0.2) is 26.2 Å². The van der Waals surface area contributed by atoms with Crippen LogP contribution in [0.25, 0.3) is 17.0 Å². The molecule has 1 aliphatic rings. The topological polar surface area (TPSA) is 25.2 Å². The first-order chi connectivity index (χ1) is 14.3. The van der Waals surface area contributed by atoms with Gasteiger partial charge in [0.25, 0.3) is 5.91 Å². The minimum absolute atomic E-state index is 0.0623. The van der Waals surface area contributed by atoms with E-state index in [4.69, 9.17) is 23.8 Å². The van der Waals surface area contributed by atoms with E-state index in [1.165, 1.54) is 17.8 Å². The number of thiocarbonyl (C=S) groups is 1. The monoisotopic (exact) mass is 458 g/mol. The standard InChI is InChI=1S/C23H20ClFN2OS2/c1-14(2)11-27-22(28)21(30-23(27)29)10-15-12-26(20-9-4-3-6-16(15)20)13-17-18(24)7-5-8-19(17)25/h3-10,12,14H,11,13H2,1-2H3/b21-10-. The van der Waals surface area contributed by atoms with E-state index in [1.54, 1.807) is 17.0 Å². The zero-order valence-electron chi connectivity index (χ0n) is 16.6. The summed E-state index contributed by atoms with van der Waals surface area (Å²) >= 11 is 13.0. The second-order valence-corrected chi connectivity index (χ2v) is 9.70. The summed E-state index contributed by atoms with van der Waals surface area (Å²) in [5.74, 6) is -0.0663. The van der Waals surface area contributed by atoms with Gasteiger partial charge in [-0.25, -0.2) is 4.39 Å². The van der Waals surface area contributed by atoms with E-state index in [0.717, 1.165) is 16.5 Å². The van der Waals surface area contributed by atoms with Crippen molar-refractivity contribution >= 4 is 62.8 Å². The highest BCUT2D eigenvalue weighted by molar-refractivity contribution is 8.26. The van der Waals surface area contributed by atoms with Crippen LogP contribution in [0.4, 0.5) is 4.39 Å². The molecule has 0 aliphatic carbocycles. The van der Waals surface area contributed by atoms with E-state index in [0.29, 0.717) is 38.8 Å². The number of rotatable bonds is 5. The number of benzene rings is 2. The smallest absolute Gasteiger partial charge is 0.266 e. The van der Waals surface area contributed by atoms with Crippen molar-refractivity contribution < 1.29 is 9.18 Å². The number of fused-ring (bicyclic) bond motifs is 1. The minimum atomic E-state index is -0.337. The number of carbonyl (C=O) groups is 1. The van der Waals surface area contributed by atoms with Crippen LogP contribution in [0.2, 0.25) is 5.02 Å². The number of hydrogen-bond donors (Lipinski definition) is 0. The molecule has 1 aliphatic heterocycles. The van der Waals surface area contributed by atoms with E-state index in [9.17, 15) is 9.18 Å². The van der Waals surface area contributed by atoms with Gasteiger partial charge in [0.15, 0.2) is 0 Å². The van der Waals surface area contributed by atoms with Gasteiger partial charge in [-0.15, -0.1) is 0 Å². The number of hydrogen-bond acceptors (Lipinski definition) is 3. The molecule has 0 atom stereocenters. The Kier molecular flexibility index (Phi) is 6.00. The van der Waals surface area contributed by atoms with Crippen molar-refractivity contribution in [3.63, 3.8) is 0 Å². The average Bonchev–Trinajstić information content (AvgIpc) is 3.17. The van der Waals surface area contributed by atoms with Crippen molar-refractivity contribution in [1.29, 1.82) is 0 Å². The Morgan fingerprint density at radius 2 is 1.97 bits per heavy atom. The maximum Gasteiger partial charge on any atom is 0.266 e. The molecular formula is C23H20ClFN2OS2. The molecule has 0 unspecified atom stereocenters. The van der Waals surface area contributed by atoms with Crippen LogP contribution in [0.3, 0.4) is 0 Å². The Bertz CT molecular complexity index is 1160. The first-order valence-corrected chi connectivity index (χ1v) is 11.2. The van der Waals surface area contributed by atoms with Crippen LogP contribution in [-0.2, 0) is 11.3 Å². The van der Waals surface area contributed by atoms with Gasteiger partial charge in [-0.1, -0.05) is 73.7 Å². The zero-order chi connectivity index (χ0) is 21.4. The molecule has 1 fully saturated rings. The van der Waals surface area contributed by atoms with Gasteiger partial charge >= 0.3 is 0 Å². The van der Waals surface area contributed by atoms with Crippen LogP contribution in [0, 0.1) is 11.7 Å². The summed E-state index contributed by atoms with van der Waals surface area (Å²) in [5.41, 5.74) is 2.28. The van der Waals surface area contributed by atoms with Gasteiger partial charge in [-0.05, 0) is 30.2 Å². The predicted molar refractivity (Wildman–Crippen MR) is 127 cm³/mol. The average molecular weight is 459 g/mol. The highest BCUT2D eigenvalue weighted by atomic mass is 35.5. The van der Waals surface area contributed by atoms with E-state index in [2.05, 4.69) is 13.8 Å². The molecule has 1 aromatic heterocycles. The number of para-hydroxylation sites is 1. The van der Waals surface area contributed by atoms with Gasteiger partial charge in [-0.2, -0.15) is 0 Å². The van der Waals surface area contributed by atoms with Crippen molar-refractivity contribution in [2.24, 2.45) is 5.92 Å². The highest BCUT2D eigenvalue weighted by Gasteiger charge is 2.32. The summed E-state index contributed by atoms with van der Waals surface area (Å²) in [6, 6.07) is 12.6. The fourth-order valence-electron chi connectivity index (χ4n) is 3.54. The molecule has 1 saturated heterocycles. The van der Waals surface area contributed by atoms with E-state index < -0.39 is 0 Å². The lowest BCUT2D eigenvalue weighted by Crippen LogP contribution is -2.31. The summed E-state index contributed by atoms with van der Waals surface area (Å²) in [5, 5.41) is 1.38. The van der Waals surface area contributed by atoms with Crippen LogP contribution < -0.4 is 0 Å². The van der Waals surface area contributed by atoms with Crippen molar-refractivity contribution in [3.05, 3.63) is 75.5 Å². The lowest BCUT2D eigenvalue weighted by atomic mass is 10.1. The fraction of sp³-hybridized carbons (Fsp3) is 0.217. The van der Waals surface area contributed by atoms with Gasteiger partial charge in [0.1, 0.15) is 10.1 Å². The zero-order valence-corrected chi connectivity index (χ0v) is 19.0. The molecule has 0 bridgehead atoms. The van der Waals surface area contributed by atoms with Gasteiger partial charge in [0.2, 0.25) is 0 Å². The van der Waals surface area contributed by atoms with Crippen LogP contribution in [0.1, 0.15) is 25.0 Å². The van der Waals surface area contributed by atoms with Crippen LogP contribution in [0.15, 0.2) is 53.6 Å². The summed E-state index contributed by atoms with van der Waals surface area (Å²) in [4.78, 5) is 15.1. The van der Waals surface area contributed by atoms with Crippen LogP contribution >= 0.6 is 35.6 Å². The number of aromatic nitrogens is 1. The Morgan fingerprint density at radius 1 is 1.20 bits per heavy atom. The molecule has 2 heterocycles. The molecule has 0 N–H and O–H groups in total. The van der Waals surface area contributed by atoms with Crippen molar-refractivity contribution in [1.82, 2.24) is 9.47 Å². The molecule has 154 valence electrons. The summed E-state index contributed by atoms with van der Waals surface area (Å²) in [6.07, 6.45) is 3.81. The van der Waals surface area contributed by atoms with Gasteiger partial charge in [0.05, 0.1) is 11.4 Å². The van der Waals surface area contributed by atoms with Crippen molar-refractivity contribution in [2.45, 2.75) is 20.4 Å². The third-order valence-electron chi connectivity index (χ3n) is 4.92. The van der Waals surface area contributed by atoms with Crippen LogP contribution in [0.5, 0.6) is 0 Å². The number of nitrogens with zero attached hydrogens (tertiary/aromatic N) is 2. The van der Waals surface area contributed by atoms with E-state index in [-0.39, 0.29) is 11.7 Å². The molecule has 0 radical (unpaired) electrons. The van der Waals surface area contributed by atoms with Crippen molar-refractivity contribution in [2.75, 3.05) is 6.54 Å². The predicted octanol–water partition coefficient (Wildman–Crippen LogP) is 6.34. The highest BCUT2D eigenvalue weighted by Crippen LogP contribution is 2.35. The fourth-order valence-corrected chi connectivity index (χ4v) is 5.03. The Balaban J connectivity index is 1.74. The molecular weight excluding hydrogens is 439 g/mol. The van der Waals surface area contributed by atoms with E-state index >= 15 is 0 Å². The summed E-state index contributed by atoms with van der Waals surface area (Å²) in [6.45, 7) is 5.02. The minimum Gasteiger partial charge on any atom is -0.342 e. The second kappa shape index (κ2) is 8.53. The molecule has 1 amide bonds. The molecule has 3 aromatic rings. The maximum atomic E-state index is 14.3. The summed E-state index contributed by atoms with van der Waals surface area (Å²) < 4.78 is 16.9. The number of amides is 1. The van der Waals surface area contributed by atoms with Gasteiger partial charge < -0.3 is 4.57 Å². The third kappa shape index (κ3) is 4.04. The summed E-state index contributed by atoms with van der Waals surface area (Å²) in [7, 11) is 0. The molecule has 3 nitrogen and oxygen atoms in total. The number of thioether (sulfide) groups is 1. The van der Waals surface area contributed by atoms with Gasteiger partial charge in [-0.3, -0.25) is 9.69 Å². The molecule has 4 rings (SSSR count). The SMILES string of the molecule is CC(C)CN1C(=O)/C(=C/c2cn(Cc3c(F)cccc3Cl)c3ccccc23)SC1=S. The largest absolute Gasteiger partial charge is 0.342 e. The van der Waals surface area contributed by atoms with Crippen molar-refractivity contribution in [3.8, 4) is 0 Å². The Labute approximate surface area is 189 Å². The lowest BCUT2D eigenvalue weighted by molar-refractivity contribution is -0.122. The normalized spacial score (nSPS) is 15.9. The van der Waals surface area contributed by atoms with Gasteiger partial charge in [0, 0.05) is 39.8 Å². The Hall–Kier alpha value is -2.15. The first-order valence-electron chi connectivity index (χ1n) is 9.61.